The van der Waals surface area contributed by atoms with Gasteiger partial charge in [-0.15, -0.1) is 11.3 Å². The normalized spacial score (nSPS) is 16.3. The molecule has 1 aromatic carbocycles. The highest BCUT2D eigenvalue weighted by Gasteiger charge is 2.30. The average molecular weight is 423 g/mol. The van der Waals surface area contributed by atoms with Crippen LogP contribution in [0.5, 0.6) is 0 Å². The van der Waals surface area contributed by atoms with E-state index in [0.717, 1.165) is 37.2 Å². The molecule has 0 saturated heterocycles. The van der Waals surface area contributed by atoms with Gasteiger partial charge < -0.3 is 9.72 Å². The van der Waals surface area contributed by atoms with E-state index in [4.69, 9.17) is 17.0 Å². The van der Waals surface area contributed by atoms with E-state index >= 15 is 0 Å². The summed E-state index contributed by atoms with van der Waals surface area (Å²) in [4.78, 5) is 18.4. The number of H-pyrrole nitrogens is 1. The van der Waals surface area contributed by atoms with E-state index in [-0.39, 0.29) is 11.2 Å². The predicted molar refractivity (Wildman–Crippen MR) is 103 cm³/mol. The number of benzene rings is 1. The lowest BCUT2D eigenvalue weighted by Gasteiger charge is -2.29. The molecule has 2 aromatic heterocycles. The first-order valence-electron chi connectivity index (χ1n) is 7.55. The highest BCUT2D eigenvalue weighted by atomic mass is 79.9. The molecule has 0 unspecified atom stereocenters. The number of rotatable bonds is 1. The molecule has 0 atom stereocenters. The first-order valence-corrected chi connectivity index (χ1v) is 9.57. The van der Waals surface area contributed by atoms with Crippen molar-refractivity contribution >= 4 is 49.7 Å². The highest BCUT2D eigenvalue weighted by Crippen LogP contribution is 2.36. The first-order chi connectivity index (χ1) is 11.4. The lowest BCUT2D eigenvalue weighted by Crippen LogP contribution is -2.32. The number of thiophene rings is 1. The smallest absolute Gasteiger partial charge is 0.267 e. The van der Waals surface area contributed by atoms with Crippen molar-refractivity contribution in [3.8, 4) is 5.69 Å². The lowest BCUT2D eigenvalue weighted by atomic mass is 9.94. The number of fused-ring (bicyclic) bond motifs is 3. The van der Waals surface area contributed by atoms with Crippen LogP contribution in [-0.2, 0) is 17.8 Å². The number of hydrogen-bond donors (Lipinski definition) is 1. The summed E-state index contributed by atoms with van der Waals surface area (Å²) in [6.45, 7) is 4.65. The lowest BCUT2D eigenvalue weighted by molar-refractivity contribution is -0.0379. The zero-order chi connectivity index (χ0) is 17.1. The quantitative estimate of drug-likeness (QED) is 0.576. The Balaban J connectivity index is 2.02. The van der Waals surface area contributed by atoms with Crippen LogP contribution in [0, 0.1) is 4.77 Å². The molecule has 124 valence electrons. The number of nitrogens with zero attached hydrogens (tertiary/aromatic N) is 1. The van der Waals surface area contributed by atoms with Gasteiger partial charge in [0, 0.05) is 15.8 Å². The van der Waals surface area contributed by atoms with Crippen molar-refractivity contribution in [2.24, 2.45) is 0 Å². The fourth-order valence-electron chi connectivity index (χ4n) is 3.05. The largest absolute Gasteiger partial charge is 0.370 e. The average Bonchev–Trinajstić information content (AvgIpc) is 2.85. The van der Waals surface area contributed by atoms with Crippen LogP contribution in [0.15, 0.2) is 33.5 Å². The summed E-state index contributed by atoms with van der Waals surface area (Å²) in [5, 5.41) is 0.739. The first kappa shape index (κ1) is 16.2. The molecule has 4 rings (SSSR count). The van der Waals surface area contributed by atoms with Gasteiger partial charge in [-0.3, -0.25) is 9.36 Å². The van der Waals surface area contributed by atoms with Crippen molar-refractivity contribution in [1.29, 1.82) is 0 Å². The maximum atomic E-state index is 13.2. The van der Waals surface area contributed by atoms with Crippen molar-refractivity contribution < 1.29 is 4.74 Å². The molecule has 3 aromatic rings. The topological polar surface area (TPSA) is 47.0 Å². The van der Waals surface area contributed by atoms with Crippen LogP contribution in [0.25, 0.3) is 15.9 Å². The monoisotopic (exact) mass is 422 g/mol. The number of aromatic nitrogens is 2. The Morgan fingerprint density at radius 2 is 2.04 bits per heavy atom. The third-order valence-electron chi connectivity index (χ3n) is 4.21. The van der Waals surface area contributed by atoms with E-state index in [0.29, 0.717) is 11.4 Å². The van der Waals surface area contributed by atoms with Gasteiger partial charge in [-0.25, -0.2) is 0 Å². The molecule has 4 nitrogen and oxygen atoms in total. The molecule has 1 aliphatic rings. The predicted octanol–water partition coefficient (Wildman–Crippen LogP) is 4.72. The summed E-state index contributed by atoms with van der Waals surface area (Å²) in [6, 6.07) is 7.57. The van der Waals surface area contributed by atoms with Gasteiger partial charge in [0.05, 0.1) is 23.3 Å². The van der Waals surface area contributed by atoms with Gasteiger partial charge in [0.1, 0.15) is 4.83 Å². The molecule has 1 N–H and O–H groups in total. The Kier molecular flexibility index (Phi) is 3.80. The Hall–Kier alpha value is -1.28. The minimum atomic E-state index is -0.261. The third kappa shape index (κ3) is 2.60. The van der Waals surface area contributed by atoms with Gasteiger partial charge in [0.25, 0.3) is 5.56 Å². The van der Waals surface area contributed by atoms with E-state index in [1.165, 1.54) is 0 Å². The van der Waals surface area contributed by atoms with Crippen LogP contribution in [0.2, 0.25) is 0 Å². The highest BCUT2D eigenvalue weighted by molar-refractivity contribution is 9.10. The van der Waals surface area contributed by atoms with Crippen LogP contribution in [0.3, 0.4) is 0 Å². The molecule has 1 aliphatic heterocycles. The Bertz CT molecular complexity index is 1060. The second-order valence-electron chi connectivity index (χ2n) is 6.48. The van der Waals surface area contributed by atoms with Crippen molar-refractivity contribution in [3.63, 3.8) is 0 Å². The fraction of sp³-hybridized carbons (Fsp3) is 0.294. The van der Waals surface area contributed by atoms with Gasteiger partial charge in [-0.1, -0.05) is 15.9 Å². The second-order valence-corrected chi connectivity index (χ2v) is 8.89. The zero-order valence-corrected chi connectivity index (χ0v) is 16.4. The van der Waals surface area contributed by atoms with E-state index < -0.39 is 0 Å². The molecule has 0 saturated carbocycles. The van der Waals surface area contributed by atoms with Crippen molar-refractivity contribution in [2.75, 3.05) is 0 Å². The van der Waals surface area contributed by atoms with Gasteiger partial charge in [-0.05, 0) is 55.9 Å². The Morgan fingerprint density at radius 3 is 2.75 bits per heavy atom. The number of ether oxygens (including phenoxy) is 1. The molecule has 3 heterocycles. The third-order valence-corrected chi connectivity index (χ3v) is 6.15. The molecule has 7 heteroatoms. The summed E-state index contributed by atoms with van der Waals surface area (Å²) in [5.74, 6) is 0. The molecule has 0 aliphatic carbocycles. The van der Waals surface area contributed by atoms with Crippen LogP contribution < -0.4 is 5.56 Å². The number of nitrogens with one attached hydrogen (secondary N) is 1. The number of aromatic amines is 1. The number of hydrogen-bond acceptors (Lipinski definition) is 4. The maximum Gasteiger partial charge on any atom is 0.267 e. The molecule has 24 heavy (non-hydrogen) atoms. The molecule has 0 amide bonds. The summed E-state index contributed by atoms with van der Waals surface area (Å²) in [5.41, 5.74) is 1.53. The van der Waals surface area contributed by atoms with Gasteiger partial charge in [0.15, 0.2) is 4.77 Å². The van der Waals surface area contributed by atoms with Crippen LogP contribution in [-0.4, -0.2) is 15.2 Å². The summed E-state index contributed by atoms with van der Waals surface area (Å²) in [6.07, 6.45) is 0.725. The second kappa shape index (κ2) is 5.62. The van der Waals surface area contributed by atoms with Crippen LogP contribution >= 0.6 is 39.5 Å². The summed E-state index contributed by atoms with van der Waals surface area (Å²) in [7, 11) is 0. The SMILES string of the molecule is CC1(C)Cc2c(sc3[nH]c(=S)n(-c4ccc(Br)cc4)c(=O)c23)CO1. The minimum Gasteiger partial charge on any atom is -0.370 e. The summed E-state index contributed by atoms with van der Waals surface area (Å²) >= 11 is 10.4. The molecule has 0 bridgehead atoms. The summed E-state index contributed by atoms with van der Waals surface area (Å²) < 4.78 is 8.82. The van der Waals surface area contributed by atoms with Crippen LogP contribution in [0.4, 0.5) is 0 Å². The molecule has 0 spiro atoms. The van der Waals surface area contributed by atoms with Crippen molar-refractivity contribution in [3.05, 3.63) is 54.3 Å². The molecule has 0 radical (unpaired) electrons. The van der Waals surface area contributed by atoms with E-state index in [9.17, 15) is 4.79 Å². The van der Waals surface area contributed by atoms with Crippen LogP contribution in [0.1, 0.15) is 24.3 Å². The number of halogens is 1. The molecular weight excluding hydrogens is 408 g/mol. The van der Waals surface area contributed by atoms with Gasteiger partial charge >= 0.3 is 0 Å². The zero-order valence-electron chi connectivity index (χ0n) is 13.2. The Labute approximate surface area is 156 Å². The van der Waals surface area contributed by atoms with Crippen molar-refractivity contribution in [2.45, 2.75) is 32.5 Å². The molecular formula is C17H15BrN2O2S2. The minimum absolute atomic E-state index is 0.0636. The van der Waals surface area contributed by atoms with E-state index in [2.05, 4.69) is 34.8 Å². The van der Waals surface area contributed by atoms with Gasteiger partial charge in [-0.2, -0.15) is 0 Å². The molecule has 0 fully saturated rings. The van der Waals surface area contributed by atoms with Crippen molar-refractivity contribution in [1.82, 2.24) is 9.55 Å². The van der Waals surface area contributed by atoms with E-state index in [1.54, 1.807) is 15.9 Å². The standard InChI is InChI=1S/C17H15BrN2O2S2/c1-17(2)7-11-12(8-22-17)24-14-13(11)15(21)20(16(23)19-14)10-5-3-9(18)4-6-10/h3-6H,7-8H2,1-2H3,(H,19,23). The van der Waals surface area contributed by atoms with Gasteiger partial charge in [0.2, 0.25) is 0 Å². The fourth-order valence-corrected chi connectivity index (χ4v) is 4.79. The van der Waals surface area contributed by atoms with E-state index in [1.807, 2.05) is 24.3 Å². The Morgan fingerprint density at radius 1 is 1.33 bits per heavy atom. The maximum absolute atomic E-state index is 13.2.